The zero-order chi connectivity index (χ0) is 14.8. The summed E-state index contributed by atoms with van der Waals surface area (Å²) in [5.41, 5.74) is -0.848. The number of nitrogens with one attached hydrogen (secondary N) is 1. The smallest absolute Gasteiger partial charge is 0.317 e. The Labute approximate surface area is 117 Å². The number of aryl methyl sites for hydroxylation is 1. The van der Waals surface area contributed by atoms with Crippen LogP contribution in [0.15, 0.2) is 12.4 Å². The Hall–Kier alpha value is -2.05. The van der Waals surface area contributed by atoms with Gasteiger partial charge in [0.05, 0.1) is 12.0 Å². The van der Waals surface area contributed by atoms with E-state index in [1.165, 1.54) is 0 Å². The van der Waals surface area contributed by atoms with E-state index < -0.39 is 11.4 Å². The van der Waals surface area contributed by atoms with Gasteiger partial charge in [-0.3, -0.25) is 4.79 Å². The second-order valence-electron chi connectivity index (χ2n) is 5.50. The van der Waals surface area contributed by atoms with Gasteiger partial charge in [0, 0.05) is 32.5 Å². The van der Waals surface area contributed by atoms with Gasteiger partial charge in [-0.25, -0.2) is 9.78 Å². The van der Waals surface area contributed by atoms with Crippen LogP contribution in [0.25, 0.3) is 0 Å². The predicted molar refractivity (Wildman–Crippen MR) is 72.0 cm³/mol. The fourth-order valence-electron chi connectivity index (χ4n) is 2.42. The van der Waals surface area contributed by atoms with E-state index in [9.17, 15) is 14.7 Å². The van der Waals surface area contributed by atoms with Crippen molar-refractivity contribution in [3.8, 4) is 0 Å². The Balaban J connectivity index is 1.92. The highest BCUT2D eigenvalue weighted by Gasteiger charge is 2.39. The van der Waals surface area contributed by atoms with E-state index in [0.29, 0.717) is 25.9 Å². The molecule has 110 valence electrons. The number of carbonyl (C=O) groups is 2. The summed E-state index contributed by atoms with van der Waals surface area (Å²) in [6, 6.07) is -0.236. The lowest BCUT2D eigenvalue weighted by molar-refractivity contribution is -0.150. The molecular formula is C13H20N4O3. The van der Waals surface area contributed by atoms with Gasteiger partial charge in [-0.15, -0.1) is 0 Å². The highest BCUT2D eigenvalue weighted by Crippen LogP contribution is 2.29. The van der Waals surface area contributed by atoms with Crippen molar-refractivity contribution in [3.05, 3.63) is 18.2 Å². The Bertz CT molecular complexity index is 513. The SMILES string of the molecule is Cn1ccnc1CNC(=O)N1CCCC(C)(C(=O)O)C1. The third-order valence-corrected chi connectivity index (χ3v) is 3.82. The monoisotopic (exact) mass is 280 g/mol. The number of aliphatic carboxylic acids is 1. The molecule has 1 saturated heterocycles. The summed E-state index contributed by atoms with van der Waals surface area (Å²) in [6.45, 7) is 2.86. The minimum atomic E-state index is -0.848. The number of piperidine rings is 1. The van der Waals surface area contributed by atoms with Crippen LogP contribution < -0.4 is 5.32 Å². The molecule has 1 fully saturated rings. The second-order valence-corrected chi connectivity index (χ2v) is 5.50. The van der Waals surface area contributed by atoms with Gasteiger partial charge >= 0.3 is 12.0 Å². The Morgan fingerprint density at radius 1 is 1.55 bits per heavy atom. The first-order chi connectivity index (χ1) is 9.42. The quantitative estimate of drug-likeness (QED) is 0.858. The van der Waals surface area contributed by atoms with Gasteiger partial charge in [-0.2, -0.15) is 0 Å². The summed E-state index contributed by atoms with van der Waals surface area (Å²) in [5.74, 6) is -0.0875. The van der Waals surface area contributed by atoms with Crippen molar-refractivity contribution in [2.24, 2.45) is 12.5 Å². The van der Waals surface area contributed by atoms with Crippen LogP contribution in [0.1, 0.15) is 25.6 Å². The summed E-state index contributed by atoms with van der Waals surface area (Å²) in [7, 11) is 1.86. The van der Waals surface area contributed by atoms with E-state index in [1.807, 2.05) is 17.8 Å². The number of rotatable bonds is 3. The van der Waals surface area contributed by atoms with Gasteiger partial charge in [0.2, 0.25) is 0 Å². The maximum absolute atomic E-state index is 12.1. The van der Waals surface area contributed by atoms with Crippen molar-refractivity contribution in [1.82, 2.24) is 19.8 Å². The Morgan fingerprint density at radius 3 is 2.90 bits per heavy atom. The number of aromatic nitrogens is 2. The van der Waals surface area contributed by atoms with Crippen LogP contribution in [0.5, 0.6) is 0 Å². The minimum Gasteiger partial charge on any atom is -0.481 e. The van der Waals surface area contributed by atoms with Crippen LogP contribution in [0.2, 0.25) is 0 Å². The summed E-state index contributed by atoms with van der Waals surface area (Å²) in [4.78, 5) is 29.1. The lowest BCUT2D eigenvalue weighted by Crippen LogP contribution is -2.51. The average molecular weight is 280 g/mol. The number of urea groups is 1. The van der Waals surface area contributed by atoms with Crippen LogP contribution >= 0.6 is 0 Å². The molecular weight excluding hydrogens is 260 g/mol. The van der Waals surface area contributed by atoms with Gasteiger partial charge < -0.3 is 19.9 Å². The van der Waals surface area contributed by atoms with Crippen LogP contribution in [0.4, 0.5) is 4.79 Å². The van der Waals surface area contributed by atoms with Crippen molar-refractivity contribution in [2.75, 3.05) is 13.1 Å². The first-order valence-electron chi connectivity index (χ1n) is 6.65. The van der Waals surface area contributed by atoms with E-state index in [2.05, 4.69) is 10.3 Å². The number of nitrogens with zero attached hydrogens (tertiary/aromatic N) is 3. The van der Waals surface area contributed by atoms with Crippen molar-refractivity contribution >= 4 is 12.0 Å². The summed E-state index contributed by atoms with van der Waals surface area (Å²) in [6.07, 6.45) is 4.79. The molecule has 0 bridgehead atoms. The molecule has 1 aromatic heterocycles. The normalized spacial score (nSPS) is 22.6. The lowest BCUT2D eigenvalue weighted by Gasteiger charge is -2.37. The number of hydrogen-bond acceptors (Lipinski definition) is 3. The molecule has 0 saturated carbocycles. The summed E-state index contributed by atoms with van der Waals surface area (Å²) >= 11 is 0. The van der Waals surface area contributed by atoms with Crippen molar-refractivity contribution < 1.29 is 14.7 Å². The number of imidazole rings is 1. The fourth-order valence-corrected chi connectivity index (χ4v) is 2.42. The number of carboxylic acids is 1. The predicted octanol–water partition coefficient (Wildman–Crippen LogP) is 0.816. The fraction of sp³-hybridized carbons (Fsp3) is 0.615. The van der Waals surface area contributed by atoms with E-state index in [0.717, 1.165) is 5.82 Å². The summed E-state index contributed by atoms with van der Waals surface area (Å²) < 4.78 is 1.83. The van der Waals surface area contributed by atoms with Gasteiger partial charge in [0.1, 0.15) is 5.82 Å². The molecule has 1 unspecified atom stereocenters. The molecule has 2 rings (SSSR count). The molecule has 1 atom stereocenters. The maximum Gasteiger partial charge on any atom is 0.317 e. The lowest BCUT2D eigenvalue weighted by atomic mass is 9.82. The van der Waals surface area contributed by atoms with Gasteiger partial charge in [0.25, 0.3) is 0 Å². The molecule has 1 aliphatic rings. The molecule has 2 heterocycles. The molecule has 1 aromatic rings. The average Bonchev–Trinajstić information content (AvgIpc) is 2.81. The van der Waals surface area contributed by atoms with Gasteiger partial charge in [-0.1, -0.05) is 0 Å². The highest BCUT2D eigenvalue weighted by molar-refractivity contribution is 5.78. The molecule has 0 radical (unpaired) electrons. The van der Waals surface area contributed by atoms with Crippen molar-refractivity contribution in [3.63, 3.8) is 0 Å². The molecule has 2 N–H and O–H groups in total. The largest absolute Gasteiger partial charge is 0.481 e. The highest BCUT2D eigenvalue weighted by atomic mass is 16.4. The third kappa shape index (κ3) is 2.92. The molecule has 20 heavy (non-hydrogen) atoms. The zero-order valence-corrected chi connectivity index (χ0v) is 11.8. The molecule has 7 nitrogen and oxygen atoms in total. The molecule has 0 aliphatic carbocycles. The molecule has 7 heteroatoms. The first kappa shape index (κ1) is 14.4. The molecule has 2 amide bonds. The molecule has 1 aliphatic heterocycles. The van der Waals surface area contributed by atoms with Crippen molar-refractivity contribution in [1.29, 1.82) is 0 Å². The third-order valence-electron chi connectivity index (χ3n) is 3.82. The van der Waals surface area contributed by atoms with Crippen molar-refractivity contribution in [2.45, 2.75) is 26.3 Å². The van der Waals surface area contributed by atoms with Gasteiger partial charge in [-0.05, 0) is 19.8 Å². The Kier molecular flexibility index (Phi) is 3.96. The topological polar surface area (TPSA) is 87.5 Å². The van der Waals surface area contributed by atoms with Crippen LogP contribution in [0, 0.1) is 5.41 Å². The van der Waals surface area contributed by atoms with Crippen LogP contribution in [-0.4, -0.2) is 44.6 Å². The standard InChI is InChI=1S/C13H20N4O3/c1-13(11(18)19)4-3-6-17(9-13)12(20)15-8-10-14-5-7-16(10)2/h5,7H,3-4,6,8-9H2,1-2H3,(H,15,20)(H,18,19). The van der Waals surface area contributed by atoms with E-state index in [1.54, 1.807) is 18.0 Å². The number of amides is 2. The summed E-state index contributed by atoms with van der Waals surface area (Å²) in [5, 5.41) is 12.0. The van der Waals surface area contributed by atoms with Crippen LogP contribution in [-0.2, 0) is 18.4 Å². The maximum atomic E-state index is 12.1. The number of hydrogen-bond donors (Lipinski definition) is 2. The van der Waals surface area contributed by atoms with E-state index in [-0.39, 0.29) is 12.6 Å². The van der Waals surface area contributed by atoms with Crippen LogP contribution in [0.3, 0.4) is 0 Å². The zero-order valence-electron chi connectivity index (χ0n) is 11.8. The number of likely N-dealkylation sites (tertiary alicyclic amines) is 1. The molecule has 0 aromatic carbocycles. The number of carboxylic acid groups (broad SMARTS) is 1. The first-order valence-corrected chi connectivity index (χ1v) is 6.65. The van der Waals surface area contributed by atoms with Gasteiger partial charge in [0.15, 0.2) is 0 Å². The molecule has 0 spiro atoms. The Morgan fingerprint density at radius 2 is 2.30 bits per heavy atom. The van der Waals surface area contributed by atoms with E-state index >= 15 is 0 Å². The number of carbonyl (C=O) groups excluding carboxylic acids is 1. The van der Waals surface area contributed by atoms with E-state index in [4.69, 9.17) is 0 Å². The second kappa shape index (κ2) is 5.52. The minimum absolute atomic E-state index is 0.236.